The van der Waals surface area contributed by atoms with Gasteiger partial charge in [0.2, 0.25) is 5.91 Å². The second-order valence-electron chi connectivity index (χ2n) is 5.49. The number of carbonyl (C=O) groups is 2. The van der Waals surface area contributed by atoms with Crippen molar-refractivity contribution in [2.24, 2.45) is 5.84 Å². The number of hydrogen-bond acceptors (Lipinski definition) is 4. The summed E-state index contributed by atoms with van der Waals surface area (Å²) in [5.74, 6) is 4.57. The second-order valence-corrected chi connectivity index (χ2v) is 5.49. The van der Waals surface area contributed by atoms with Crippen LogP contribution >= 0.6 is 0 Å². The molecule has 0 bridgehead atoms. The van der Waals surface area contributed by atoms with Crippen LogP contribution in [0, 0.1) is 13.8 Å². The lowest BCUT2D eigenvalue weighted by atomic mass is 10.1. The van der Waals surface area contributed by atoms with Gasteiger partial charge in [-0.3, -0.25) is 10.2 Å². The Balaban J connectivity index is 2.55. The fourth-order valence-corrected chi connectivity index (χ4v) is 2.93. The van der Waals surface area contributed by atoms with Crippen molar-refractivity contribution >= 4 is 11.9 Å². The van der Waals surface area contributed by atoms with Gasteiger partial charge in [0.05, 0.1) is 17.9 Å². The van der Waals surface area contributed by atoms with Crippen LogP contribution in [0.4, 0.5) is 0 Å². The van der Waals surface area contributed by atoms with Crippen LogP contribution in [-0.2, 0) is 16.1 Å². The summed E-state index contributed by atoms with van der Waals surface area (Å²) < 4.78 is 7.17. The van der Waals surface area contributed by atoms with Crippen LogP contribution in [0.15, 0.2) is 30.3 Å². The third kappa shape index (κ3) is 3.49. The summed E-state index contributed by atoms with van der Waals surface area (Å²) in [5.41, 5.74) is 6.24. The van der Waals surface area contributed by atoms with Gasteiger partial charge in [-0.15, -0.1) is 0 Å². The summed E-state index contributed by atoms with van der Waals surface area (Å²) in [6, 6.07) is 9.79. The molecule has 0 radical (unpaired) electrons. The van der Waals surface area contributed by atoms with E-state index < -0.39 is 0 Å². The molecule has 6 heteroatoms. The maximum absolute atomic E-state index is 12.3. The molecular formula is C18H23N3O3. The number of amides is 1. The molecule has 1 heterocycles. The minimum Gasteiger partial charge on any atom is -0.462 e. The largest absolute Gasteiger partial charge is 0.462 e. The van der Waals surface area contributed by atoms with E-state index in [1.807, 2.05) is 48.7 Å². The molecule has 1 aromatic heterocycles. The summed E-state index contributed by atoms with van der Waals surface area (Å²) in [6.07, 6.45) is 0.230. The number of hydrogen-bond donors (Lipinski definition) is 2. The molecule has 2 aromatic rings. The van der Waals surface area contributed by atoms with E-state index in [0.717, 1.165) is 22.5 Å². The lowest BCUT2D eigenvalue weighted by molar-refractivity contribution is -0.121. The van der Waals surface area contributed by atoms with Crippen molar-refractivity contribution in [2.75, 3.05) is 6.61 Å². The molecule has 1 aromatic carbocycles. The number of nitrogens with one attached hydrogen (secondary N) is 1. The number of rotatable bonds is 6. The highest BCUT2D eigenvalue weighted by atomic mass is 16.5. The van der Waals surface area contributed by atoms with Gasteiger partial charge in [0.15, 0.2) is 0 Å². The van der Waals surface area contributed by atoms with Gasteiger partial charge < -0.3 is 9.30 Å². The number of ether oxygens (including phenoxy) is 1. The van der Waals surface area contributed by atoms with Gasteiger partial charge in [-0.2, -0.15) is 0 Å². The molecule has 24 heavy (non-hydrogen) atoms. The molecule has 1 amide bonds. The van der Waals surface area contributed by atoms with E-state index in [1.54, 1.807) is 6.92 Å². The smallest absolute Gasteiger partial charge is 0.340 e. The molecule has 0 fully saturated rings. The van der Waals surface area contributed by atoms with Crippen LogP contribution < -0.4 is 11.3 Å². The average Bonchev–Trinajstić information content (AvgIpc) is 2.83. The Kier molecular flexibility index (Phi) is 5.76. The average molecular weight is 329 g/mol. The first-order chi connectivity index (χ1) is 11.5. The Labute approximate surface area is 141 Å². The molecule has 0 saturated heterocycles. The number of esters is 1. The standard InChI is InChI=1S/C18H23N3O3/c1-4-24-18(23)16-12(2)17(14-8-6-5-7-9-14)21(13(16)3)11-10-15(22)20-19/h5-9H,4,10-11,19H2,1-3H3,(H,20,22). The molecule has 6 nitrogen and oxygen atoms in total. The number of hydrazine groups is 1. The maximum Gasteiger partial charge on any atom is 0.340 e. The Morgan fingerprint density at radius 3 is 2.46 bits per heavy atom. The van der Waals surface area contributed by atoms with E-state index in [4.69, 9.17) is 10.6 Å². The molecule has 0 aliphatic heterocycles. The van der Waals surface area contributed by atoms with E-state index in [0.29, 0.717) is 18.7 Å². The fraction of sp³-hybridized carbons (Fsp3) is 0.333. The van der Waals surface area contributed by atoms with E-state index in [-0.39, 0.29) is 18.3 Å². The van der Waals surface area contributed by atoms with Crippen LogP contribution in [0.2, 0.25) is 0 Å². The summed E-state index contributed by atoms with van der Waals surface area (Å²) >= 11 is 0. The third-order valence-electron chi connectivity index (χ3n) is 4.02. The van der Waals surface area contributed by atoms with E-state index in [9.17, 15) is 9.59 Å². The quantitative estimate of drug-likeness (QED) is 0.368. The van der Waals surface area contributed by atoms with Crippen molar-refractivity contribution < 1.29 is 14.3 Å². The zero-order chi connectivity index (χ0) is 17.7. The Morgan fingerprint density at radius 1 is 1.21 bits per heavy atom. The number of nitrogens with zero attached hydrogens (tertiary/aromatic N) is 1. The summed E-state index contributed by atoms with van der Waals surface area (Å²) in [4.78, 5) is 23.9. The Morgan fingerprint density at radius 2 is 1.88 bits per heavy atom. The van der Waals surface area contributed by atoms with E-state index in [2.05, 4.69) is 5.43 Å². The van der Waals surface area contributed by atoms with Crippen molar-refractivity contribution in [3.63, 3.8) is 0 Å². The molecule has 2 rings (SSSR count). The monoisotopic (exact) mass is 329 g/mol. The highest BCUT2D eigenvalue weighted by Gasteiger charge is 2.24. The van der Waals surface area contributed by atoms with Crippen molar-refractivity contribution in [2.45, 2.75) is 33.7 Å². The second kappa shape index (κ2) is 7.79. The molecule has 0 unspecified atom stereocenters. The van der Waals surface area contributed by atoms with Crippen molar-refractivity contribution in [3.05, 3.63) is 47.2 Å². The van der Waals surface area contributed by atoms with Crippen LogP contribution in [-0.4, -0.2) is 23.1 Å². The topological polar surface area (TPSA) is 86.3 Å². The van der Waals surface area contributed by atoms with Crippen molar-refractivity contribution in [1.82, 2.24) is 9.99 Å². The Hall–Kier alpha value is -2.60. The van der Waals surface area contributed by atoms with Gasteiger partial charge in [0.25, 0.3) is 0 Å². The normalized spacial score (nSPS) is 10.5. The van der Waals surface area contributed by atoms with Gasteiger partial charge in [0, 0.05) is 18.7 Å². The highest BCUT2D eigenvalue weighted by molar-refractivity contribution is 5.95. The minimum atomic E-state index is -0.341. The van der Waals surface area contributed by atoms with Gasteiger partial charge in [-0.25, -0.2) is 10.6 Å². The minimum absolute atomic E-state index is 0.230. The summed E-state index contributed by atoms with van der Waals surface area (Å²) in [6.45, 7) is 6.30. The van der Waals surface area contributed by atoms with Gasteiger partial charge in [-0.1, -0.05) is 30.3 Å². The van der Waals surface area contributed by atoms with Gasteiger partial charge in [-0.05, 0) is 31.9 Å². The molecular weight excluding hydrogens is 306 g/mol. The maximum atomic E-state index is 12.3. The van der Waals surface area contributed by atoms with Crippen LogP contribution in [0.1, 0.15) is 35.0 Å². The van der Waals surface area contributed by atoms with Crippen molar-refractivity contribution in [1.29, 1.82) is 0 Å². The number of aromatic nitrogens is 1. The van der Waals surface area contributed by atoms with Crippen LogP contribution in [0.3, 0.4) is 0 Å². The first-order valence-electron chi connectivity index (χ1n) is 7.92. The predicted octanol–water partition coefficient (Wildman–Crippen LogP) is 2.33. The lowest BCUT2D eigenvalue weighted by Gasteiger charge is -2.12. The molecule has 0 aliphatic carbocycles. The first kappa shape index (κ1) is 17.7. The predicted molar refractivity (Wildman–Crippen MR) is 92.2 cm³/mol. The zero-order valence-electron chi connectivity index (χ0n) is 14.3. The van der Waals surface area contributed by atoms with Gasteiger partial charge >= 0.3 is 5.97 Å². The molecule has 3 N–H and O–H groups in total. The molecule has 0 aliphatic rings. The van der Waals surface area contributed by atoms with E-state index >= 15 is 0 Å². The van der Waals surface area contributed by atoms with E-state index in [1.165, 1.54) is 0 Å². The zero-order valence-corrected chi connectivity index (χ0v) is 14.3. The number of carbonyl (C=O) groups excluding carboxylic acids is 2. The molecule has 0 saturated carbocycles. The highest BCUT2D eigenvalue weighted by Crippen LogP contribution is 2.31. The van der Waals surface area contributed by atoms with Gasteiger partial charge in [0.1, 0.15) is 0 Å². The number of benzene rings is 1. The summed E-state index contributed by atoms with van der Waals surface area (Å²) in [5, 5.41) is 0. The first-order valence-corrected chi connectivity index (χ1v) is 7.92. The summed E-state index contributed by atoms with van der Waals surface area (Å²) in [7, 11) is 0. The SMILES string of the molecule is CCOC(=O)c1c(C)c(-c2ccccc2)n(CCC(=O)NN)c1C. The fourth-order valence-electron chi connectivity index (χ4n) is 2.93. The molecule has 128 valence electrons. The molecule has 0 spiro atoms. The van der Waals surface area contributed by atoms with Crippen LogP contribution in [0.5, 0.6) is 0 Å². The third-order valence-corrected chi connectivity index (χ3v) is 4.02. The van der Waals surface area contributed by atoms with Crippen molar-refractivity contribution in [3.8, 4) is 11.3 Å². The Bertz CT molecular complexity index is 736. The number of nitrogens with two attached hydrogens (primary N) is 1. The van der Waals surface area contributed by atoms with Crippen LogP contribution in [0.25, 0.3) is 11.3 Å². The lowest BCUT2D eigenvalue weighted by Crippen LogP contribution is -2.30. The molecule has 0 atom stereocenters.